The summed E-state index contributed by atoms with van der Waals surface area (Å²) in [5, 5.41) is 4.17. The predicted molar refractivity (Wildman–Crippen MR) is 98.8 cm³/mol. The molecule has 0 radical (unpaired) electrons. The van der Waals surface area contributed by atoms with E-state index in [1.165, 1.54) is 38.6 Å². The molecular weight excluding hydrogens is 310 g/mol. The molecule has 1 saturated heterocycles. The molecule has 0 unspecified atom stereocenters. The Morgan fingerprint density at radius 2 is 2.00 bits per heavy atom. The summed E-state index contributed by atoms with van der Waals surface area (Å²) < 4.78 is 0. The number of para-hydroxylation sites is 1. The Labute approximate surface area is 148 Å². The molecule has 4 nitrogen and oxygen atoms in total. The lowest BCUT2D eigenvalue weighted by molar-refractivity contribution is 0.0949. The van der Waals surface area contributed by atoms with Gasteiger partial charge in [0, 0.05) is 36.1 Å². The number of carbonyl (C=O) groups excluding carboxylic acids is 1. The van der Waals surface area contributed by atoms with Crippen molar-refractivity contribution in [2.45, 2.75) is 44.1 Å². The van der Waals surface area contributed by atoms with Crippen molar-refractivity contribution in [2.75, 3.05) is 19.6 Å². The number of benzene rings is 1. The van der Waals surface area contributed by atoms with Gasteiger partial charge in [-0.2, -0.15) is 0 Å². The summed E-state index contributed by atoms with van der Waals surface area (Å²) in [6.07, 6.45) is 6.34. The van der Waals surface area contributed by atoms with Crippen LogP contribution in [-0.4, -0.2) is 41.5 Å². The van der Waals surface area contributed by atoms with E-state index in [0.29, 0.717) is 11.8 Å². The number of hydrogen-bond donors (Lipinski definition) is 1. The van der Waals surface area contributed by atoms with Crippen LogP contribution in [0.4, 0.5) is 0 Å². The van der Waals surface area contributed by atoms with E-state index in [1.54, 1.807) is 0 Å². The number of pyridine rings is 1. The van der Waals surface area contributed by atoms with E-state index >= 15 is 0 Å². The minimum atomic E-state index is 0.0605. The maximum atomic E-state index is 12.9. The Morgan fingerprint density at radius 1 is 1.16 bits per heavy atom. The Morgan fingerprint density at radius 3 is 2.80 bits per heavy atom. The number of rotatable bonds is 5. The summed E-state index contributed by atoms with van der Waals surface area (Å²) in [6, 6.07) is 10.9. The molecule has 1 aliphatic heterocycles. The van der Waals surface area contributed by atoms with Gasteiger partial charge in [0.15, 0.2) is 0 Å². The highest BCUT2D eigenvalue weighted by Gasteiger charge is 2.34. The Bertz CT molecular complexity index is 810. The highest BCUT2D eigenvalue weighted by molar-refractivity contribution is 6.06. The van der Waals surface area contributed by atoms with Crippen molar-refractivity contribution in [1.82, 2.24) is 15.2 Å². The normalized spacial score (nSPS) is 23.9. The van der Waals surface area contributed by atoms with Gasteiger partial charge in [0.05, 0.1) is 11.1 Å². The number of carbonyl (C=O) groups is 1. The molecule has 2 heterocycles. The van der Waals surface area contributed by atoms with Gasteiger partial charge in [0.2, 0.25) is 0 Å². The lowest BCUT2D eigenvalue weighted by Gasteiger charge is -2.15. The van der Waals surface area contributed by atoms with Crippen LogP contribution < -0.4 is 5.32 Å². The van der Waals surface area contributed by atoms with Crippen LogP contribution >= 0.6 is 0 Å². The molecule has 2 aromatic rings. The second-order valence-electron chi connectivity index (χ2n) is 7.98. The van der Waals surface area contributed by atoms with Crippen molar-refractivity contribution >= 4 is 16.8 Å². The summed E-state index contributed by atoms with van der Waals surface area (Å²) in [7, 11) is 0. The van der Waals surface area contributed by atoms with Crippen molar-refractivity contribution in [3.8, 4) is 0 Å². The van der Waals surface area contributed by atoms with Gasteiger partial charge in [-0.3, -0.25) is 9.78 Å². The van der Waals surface area contributed by atoms with Gasteiger partial charge in [-0.05, 0) is 56.7 Å². The molecule has 130 valence electrons. The van der Waals surface area contributed by atoms with Crippen LogP contribution in [0.1, 0.15) is 54.1 Å². The van der Waals surface area contributed by atoms with Crippen LogP contribution in [-0.2, 0) is 0 Å². The van der Waals surface area contributed by atoms with E-state index in [4.69, 9.17) is 4.98 Å². The molecule has 5 rings (SSSR count). The molecule has 2 saturated carbocycles. The average molecular weight is 335 g/mol. The number of likely N-dealkylation sites (tertiary alicyclic amines) is 1. The first-order chi connectivity index (χ1) is 12.3. The number of hydrogen-bond acceptors (Lipinski definition) is 3. The quantitative estimate of drug-likeness (QED) is 0.912. The molecule has 1 aromatic carbocycles. The molecule has 0 bridgehead atoms. The summed E-state index contributed by atoms with van der Waals surface area (Å²) in [4.78, 5) is 20.3. The Balaban J connectivity index is 1.32. The zero-order valence-electron chi connectivity index (χ0n) is 14.6. The monoisotopic (exact) mass is 335 g/mol. The molecule has 1 atom stereocenters. The highest BCUT2D eigenvalue weighted by atomic mass is 16.1. The molecule has 1 N–H and O–H groups in total. The molecule has 1 aromatic heterocycles. The fourth-order valence-corrected chi connectivity index (χ4v) is 4.10. The third-order valence-electron chi connectivity index (χ3n) is 5.91. The lowest BCUT2D eigenvalue weighted by atomic mass is 10.0. The molecule has 1 amide bonds. The van der Waals surface area contributed by atoms with Gasteiger partial charge in [0.25, 0.3) is 5.91 Å². The van der Waals surface area contributed by atoms with E-state index in [0.717, 1.165) is 41.3 Å². The lowest BCUT2D eigenvalue weighted by Crippen LogP contribution is -2.31. The topological polar surface area (TPSA) is 45.2 Å². The fraction of sp³-hybridized carbons (Fsp3) is 0.524. The highest BCUT2D eigenvalue weighted by Crippen LogP contribution is 2.40. The first kappa shape index (κ1) is 15.3. The number of nitrogens with zero attached hydrogens (tertiary/aromatic N) is 2. The molecule has 4 heteroatoms. The summed E-state index contributed by atoms with van der Waals surface area (Å²) >= 11 is 0. The first-order valence-corrected chi connectivity index (χ1v) is 9.70. The van der Waals surface area contributed by atoms with Crippen molar-refractivity contribution in [2.24, 2.45) is 5.92 Å². The summed E-state index contributed by atoms with van der Waals surface area (Å²) in [5.41, 5.74) is 2.83. The van der Waals surface area contributed by atoms with Gasteiger partial charge < -0.3 is 10.2 Å². The molecule has 3 aliphatic rings. The van der Waals surface area contributed by atoms with Crippen LogP contribution in [0.2, 0.25) is 0 Å². The van der Waals surface area contributed by atoms with E-state index < -0.39 is 0 Å². The summed E-state index contributed by atoms with van der Waals surface area (Å²) in [5.74, 6) is 1.21. The zero-order chi connectivity index (χ0) is 16.8. The van der Waals surface area contributed by atoms with E-state index in [-0.39, 0.29) is 5.91 Å². The zero-order valence-corrected chi connectivity index (χ0v) is 14.6. The number of aromatic nitrogens is 1. The van der Waals surface area contributed by atoms with Crippen LogP contribution in [0.3, 0.4) is 0 Å². The fourth-order valence-electron chi connectivity index (χ4n) is 4.10. The molecule has 25 heavy (non-hydrogen) atoms. The Kier molecular flexibility index (Phi) is 3.74. The van der Waals surface area contributed by atoms with E-state index in [9.17, 15) is 4.79 Å². The second-order valence-corrected chi connectivity index (χ2v) is 7.98. The number of amides is 1. The third-order valence-corrected chi connectivity index (χ3v) is 5.91. The number of nitrogens with one attached hydrogen (secondary N) is 1. The van der Waals surface area contributed by atoms with Gasteiger partial charge >= 0.3 is 0 Å². The van der Waals surface area contributed by atoms with Gasteiger partial charge in [-0.25, -0.2) is 0 Å². The van der Waals surface area contributed by atoms with Crippen molar-refractivity contribution in [1.29, 1.82) is 0 Å². The van der Waals surface area contributed by atoms with Crippen molar-refractivity contribution < 1.29 is 4.79 Å². The average Bonchev–Trinajstić information content (AvgIpc) is 3.57. The second kappa shape index (κ2) is 6.10. The van der Waals surface area contributed by atoms with E-state index in [2.05, 4.69) is 10.2 Å². The van der Waals surface area contributed by atoms with Crippen LogP contribution in [0.25, 0.3) is 10.9 Å². The standard InChI is InChI=1S/C21H25N3O/c25-21(22-12-14-9-10-24(13-14)16-7-8-16)18-11-20(15-5-6-15)23-19-4-2-1-3-17(18)19/h1-4,11,14-16H,5-10,12-13H2,(H,22,25)/t14-/m0/s1. The van der Waals surface area contributed by atoms with E-state index in [1.807, 2.05) is 30.3 Å². The van der Waals surface area contributed by atoms with Crippen molar-refractivity contribution in [3.05, 3.63) is 41.6 Å². The van der Waals surface area contributed by atoms with Crippen LogP contribution in [0.15, 0.2) is 30.3 Å². The van der Waals surface area contributed by atoms with Crippen LogP contribution in [0, 0.1) is 5.92 Å². The third kappa shape index (κ3) is 3.15. The maximum Gasteiger partial charge on any atom is 0.252 e. The van der Waals surface area contributed by atoms with Gasteiger partial charge in [-0.1, -0.05) is 18.2 Å². The van der Waals surface area contributed by atoms with Crippen molar-refractivity contribution in [3.63, 3.8) is 0 Å². The number of fused-ring (bicyclic) bond motifs is 1. The van der Waals surface area contributed by atoms with Gasteiger partial charge in [0.1, 0.15) is 0 Å². The molecular formula is C21H25N3O. The molecule has 0 spiro atoms. The smallest absolute Gasteiger partial charge is 0.252 e. The minimum absolute atomic E-state index is 0.0605. The molecule has 2 aliphatic carbocycles. The largest absolute Gasteiger partial charge is 0.352 e. The molecule has 3 fully saturated rings. The SMILES string of the molecule is O=C(NC[C@@H]1CCN(C2CC2)C1)c1cc(C2CC2)nc2ccccc12. The first-order valence-electron chi connectivity index (χ1n) is 9.70. The minimum Gasteiger partial charge on any atom is -0.352 e. The summed E-state index contributed by atoms with van der Waals surface area (Å²) in [6.45, 7) is 3.14. The van der Waals surface area contributed by atoms with Crippen LogP contribution in [0.5, 0.6) is 0 Å². The van der Waals surface area contributed by atoms with Gasteiger partial charge in [-0.15, -0.1) is 0 Å². The Hall–Kier alpha value is -1.94. The maximum absolute atomic E-state index is 12.9. The predicted octanol–water partition coefficient (Wildman–Crippen LogP) is 3.33.